The lowest BCUT2D eigenvalue weighted by Crippen LogP contribution is -2.36. The van der Waals surface area contributed by atoms with Gasteiger partial charge < -0.3 is 11.1 Å². The molecule has 6 heteroatoms. The first kappa shape index (κ1) is 16.5. The maximum Gasteiger partial charge on any atom is 0.416 e. The van der Waals surface area contributed by atoms with E-state index in [1.165, 1.54) is 19.1 Å². The summed E-state index contributed by atoms with van der Waals surface area (Å²) >= 11 is 0. The molecule has 3 nitrogen and oxygen atoms in total. The fourth-order valence-corrected chi connectivity index (χ4v) is 1.86. The average Bonchev–Trinajstić information content (AvgIpc) is 2.29. The first-order valence-electron chi connectivity index (χ1n) is 6.35. The summed E-state index contributed by atoms with van der Waals surface area (Å²) in [5.41, 5.74) is 5.15. The van der Waals surface area contributed by atoms with Crippen LogP contribution in [-0.4, -0.2) is 11.9 Å². The molecule has 0 aliphatic rings. The number of carbonyl (C=O) groups is 1. The highest BCUT2D eigenvalue weighted by atomic mass is 19.4. The number of nitrogens with one attached hydrogen (secondary N) is 1. The summed E-state index contributed by atoms with van der Waals surface area (Å²) in [7, 11) is 0. The highest BCUT2D eigenvalue weighted by molar-refractivity contribution is 5.94. The van der Waals surface area contributed by atoms with Crippen molar-refractivity contribution in [3.63, 3.8) is 0 Å². The number of hydrogen-bond donors (Lipinski definition) is 2. The second-order valence-corrected chi connectivity index (χ2v) is 5.25. The lowest BCUT2D eigenvalue weighted by molar-refractivity contribution is -0.138. The van der Waals surface area contributed by atoms with Crippen LogP contribution in [0.4, 0.5) is 18.9 Å². The van der Waals surface area contributed by atoms with Crippen molar-refractivity contribution in [2.75, 3.05) is 5.32 Å². The molecule has 0 fully saturated rings. The Labute approximate surface area is 116 Å². The van der Waals surface area contributed by atoms with E-state index in [0.717, 1.165) is 6.07 Å². The Morgan fingerprint density at radius 1 is 1.35 bits per heavy atom. The predicted octanol–water partition coefficient (Wildman–Crippen LogP) is 3.33. The highest BCUT2D eigenvalue weighted by Gasteiger charge is 2.32. The fraction of sp³-hybridized carbons (Fsp3) is 0.500. The zero-order valence-electron chi connectivity index (χ0n) is 11.7. The van der Waals surface area contributed by atoms with Gasteiger partial charge in [0.1, 0.15) is 0 Å². The summed E-state index contributed by atoms with van der Waals surface area (Å²) in [6.07, 6.45) is -3.96. The normalized spacial score (nSPS) is 13.4. The van der Waals surface area contributed by atoms with Crippen LogP contribution >= 0.6 is 0 Å². The number of hydrogen-bond acceptors (Lipinski definition) is 2. The molecule has 1 atom stereocenters. The van der Waals surface area contributed by atoms with Gasteiger partial charge in [-0.25, -0.2) is 0 Å². The largest absolute Gasteiger partial charge is 0.416 e. The van der Waals surface area contributed by atoms with Gasteiger partial charge in [-0.15, -0.1) is 0 Å². The summed E-state index contributed by atoms with van der Waals surface area (Å²) in [4.78, 5) is 11.8. The molecule has 0 unspecified atom stereocenters. The number of rotatable bonds is 4. The Kier molecular flexibility index (Phi) is 5.16. The van der Waals surface area contributed by atoms with Crippen LogP contribution in [0, 0.1) is 12.8 Å². The average molecular weight is 288 g/mol. The Morgan fingerprint density at radius 2 is 1.95 bits per heavy atom. The van der Waals surface area contributed by atoms with Crippen molar-refractivity contribution in [1.29, 1.82) is 0 Å². The monoisotopic (exact) mass is 288 g/mol. The molecule has 0 saturated heterocycles. The zero-order valence-corrected chi connectivity index (χ0v) is 11.7. The summed E-state index contributed by atoms with van der Waals surface area (Å²) in [6, 6.07) is 2.96. The van der Waals surface area contributed by atoms with Gasteiger partial charge in [-0.2, -0.15) is 13.2 Å². The quantitative estimate of drug-likeness (QED) is 0.893. The van der Waals surface area contributed by atoms with E-state index >= 15 is 0 Å². The third-order valence-electron chi connectivity index (χ3n) is 2.87. The first-order chi connectivity index (χ1) is 9.11. The van der Waals surface area contributed by atoms with Crippen molar-refractivity contribution < 1.29 is 18.0 Å². The third-order valence-corrected chi connectivity index (χ3v) is 2.87. The standard InChI is InChI=1S/C14H19F3N2O/c1-8(2)6-12(18)13(20)19-10-5-4-9(3)11(7-10)14(15,16)17/h4-5,7-8,12H,6,18H2,1-3H3,(H,19,20)/t12-/m1/s1. The Bertz CT molecular complexity index is 484. The first-order valence-corrected chi connectivity index (χ1v) is 6.35. The van der Waals surface area contributed by atoms with Crippen LogP contribution in [-0.2, 0) is 11.0 Å². The van der Waals surface area contributed by atoms with E-state index in [0.29, 0.717) is 6.42 Å². The molecule has 1 aromatic rings. The van der Waals surface area contributed by atoms with Crippen molar-refractivity contribution in [1.82, 2.24) is 0 Å². The second-order valence-electron chi connectivity index (χ2n) is 5.25. The van der Waals surface area contributed by atoms with E-state index < -0.39 is 23.7 Å². The Morgan fingerprint density at radius 3 is 2.45 bits per heavy atom. The topological polar surface area (TPSA) is 55.1 Å². The van der Waals surface area contributed by atoms with E-state index in [4.69, 9.17) is 5.73 Å². The van der Waals surface area contributed by atoms with Crippen molar-refractivity contribution in [2.45, 2.75) is 39.4 Å². The molecule has 20 heavy (non-hydrogen) atoms. The third kappa shape index (κ3) is 4.52. The molecule has 1 rings (SSSR count). The van der Waals surface area contributed by atoms with Crippen molar-refractivity contribution in [3.8, 4) is 0 Å². The van der Waals surface area contributed by atoms with Crippen LogP contribution in [0.25, 0.3) is 0 Å². The summed E-state index contributed by atoms with van der Waals surface area (Å²) in [5.74, 6) is -0.241. The summed E-state index contributed by atoms with van der Waals surface area (Å²) < 4.78 is 38.3. The molecular formula is C14H19F3N2O. The van der Waals surface area contributed by atoms with Crippen LogP contribution in [0.3, 0.4) is 0 Å². The molecule has 3 N–H and O–H groups in total. The van der Waals surface area contributed by atoms with Gasteiger partial charge in [0.15, 0.2) is 0 Å². The SMILES string of the molecule is Cc1ccc(NC(=O)[C@H](N)CC(C)C)cc1C(F)(F)F. The fourth-order valence-electron chi connectivity index (χ4n) is 1.86. The molecule has 0 heterocycles. The molecular weight excluding hydrogens is 269 g/mol. The molecule has 0 bridgehead atoms. The van der Waals surface area contributed by atoms with E-state index in [9.17, 15) is 18.0 Å². The van der Waals surface area contributed by atoms with Crippen LogP contribution in [0.1, 0.15) is 31.4 Å². The zero-order chi connectivity index (χ0) is 15.5. The number of anilines is 1. The molecule has 0 saturated carbocycles. The number of halogens is 3. The summed E-state index contributed by atoms with van der Waals surface area (Å²) in [5, 5.41) is 2.42. The smallest absolute Gasteiger partial charge is 0.325 e. The maximum absolute atomic E-state index is 12.8. The van der Waals surface area contributed by atoms with Gasteiger partial charge in [0.25, 0.3) is 0 Å². The van der Waals surface area contributed by atoms with Gasteiger partial charge in [-0.05, 0) is 37.0 Å². The molecule has 0 aliphatic carbocycles. The van der Waals surface area contributed by atoms with Gasteiger partial charge >= 0.3 is 6.18 Å². The van der Waals surface area contributed by atoms with Gasteiger partial charge in [-0.1, -0.05) is 19.9 Å². The van der Waals surface area contributed by atoms with Gasteiger partial charge in [0.2, 0.25) is 5.91 Å². The molecule has 0 aromatic heterocycles. The lowest BCUT2D eigenvalue weighted by atomic mass is 10.0. The number of nitrogens with two attached hydrogens (primary N) is 1. The minimum absolute atomic E-state index is 0.104. The van der Waals surface area contributed by atoms with E-state index in [1.807, 2.05) is 13.8 Å². The van der Waals surface area contributed by atoms with Crippen molar-refractivity contribution >= 4 is 11.6 Å². The number of aryl methyl sites for hydroxylation is 1. The van der Waals surface area contributed by atoms with Gasteiger partial charge in [-0.3, -0.25) is 4.79 Å². The van der Waals surface area contributed by atoms with Crippen LogP contribution < -0.4 is 11.1 Å². The molecule has 0 spiro atoms. The lowest BCUT2D eigenvalue weighted by Gasteiger charge is -2.16. The minimum atomic E-state index is -4.44. The number of alkyl halides is 3. The predicted molar refractivity (Wildman–Crippen MR) is 72.2 cm³/mol. The molecule has 1 amide bonds. The molecule has 112 valence electrons. The second kappa shape index (κ2) is 6.26. The number of amides is 1. The highest BCUT2D eigenvalue weighted by Crippen LogP contribution is 2.33. The van der Waals surface area contributed by atoms with Gasteiger partial charge in [0.05, 0.1) is 11.6 Å². The minimum Gasteiger partial charge on any atom is -0.325 e. The van der Waals surface area contributed by atoms with E-state index in [2.05, 4.69) is 5.32 Å². The Balaban J connectivity index is 2.86. The van der Waals surface area contributed by atoms with E-state index in [-0.39, 0.29) is 17.2 Å². The number of carbonyl (C=O) groups excluding carboxylic acids is 1. The van der Waals surface area contributed by atoms with Crippen LogP contribution in [0.2, 0.25) is 0 Å². The molecule has 1 aromatic carbocycles. The van der Waals surface area contributed by atoms with Gasteiger partial charge in [0, 0.05) is 5.69 Å². The molecule has 0 radical (unpaired) electrons. The Hall–Kier alpha value is -1.56. The number of benzene rings is 1. The van der Waals surface area contributed by atoms with Crippen LogP contribution in [0.15, 0.2) is 18.2 Å². The maximum atomic E-state index is 12.8. The van der Waals surface area contributed by atoms with Crippen molar-refractivity contribution in [3.05, 3.63) is 29.3 Å². The van der Waals surface area contributed by atoms with E-state index in [1.54, 1.807) is 0 Å². The van der Waals surface area contributed by atoms with Crippen LogP contribution in [0.5, 0.6) is 0 Å². The van der Waals surface area contributed by atoms with Crippen molar-refractivity contribution in [2.24, 2.45) is 11.7 Å². The summed E-state index contributed by atoms with van der Waals surface area (Å²) in [6.45, 7) is 5.21. The molecule has 0 aliphatic heterocycles.